The maximum atomic E-state index is 9.77. The Labute approximate surface area is 89.8 Å². The monoisotopic (exact) mass is 211 g/mol. The lowest BCUT2D eigenvalue weighted by Gasteiger charge is -2.12. The Hall–Kier alpha value is -1.10. The van der Waals surface area contributed by atoms with Crippen molar-refractivity contribution in [3.63, 3.8) is 0 Å². The minimum absolute atomic E-state index is 0.362. The third-order valence-corrected chi connectivity index (χ3v) is 2.00. The molecule has 1 rings (SSSR count). The Morgan fingerprint density at radius 2 is 2.27 bits per heavy atom. The van der Waals surface area contributed by atoms with Crippen LogP contribution in [0.4, 0.5) is 0 Å². The molecule has 1 atom stereocenters. The summed E-state index contributed by atoms with van der Waals surface area (Å²) in [5, 5.41) is 9.77. The second-order valence-corrected chi connectivity index (χ2v) is 3.07. The summed E-state index contributed by atoms with van der Waals surface area (Å²) in [6.07, 6.45) is -0.591. The van der Waals surface area contributed by atoms with Gasteiger partial charge in [-0.2, -0.15) is 5.48 Å². The third kappa shape index (κ3) is 3.87. The fraction of sp³-hybridized carbons (Fsp3) is 0.455. The Kier molecular flexibility index (Phi) is 5.10. The summed E-state index contributed by atoms with van der Waals surface area (Å²) in [4.78, 5) is 4.94. The lowest BCUT2D eigenvalue weighted by molar-refractivity contribution is 0.0208. The first-order valence-corrected chi connectivity index (χ1v) is 4.94. The van der Waals surface area contributed by atoms with Gasteiger partial charge in [0.1, 0.15) is 5.75 Å². The van der Waals surface area contributed by atoms with Crippen LogP contribution in [-0.4, -0.2) is 25.4 Å². The van der Waals surface area contributed by atoms with Crippen molar-refractivity contribution in [3.8, 4) is 5.75 Å². The zero-order valence-electron chi connectivity index (χ0n) is 9.06. The quantitative estimate of drug-likeness (QED) is 0.549. The summed E-state index contributed by atoms with van der Waals surface area (Å²) < 4.78 is 5.07. The summed E-state index contributed by atoms with van der Waals surface area (Å²) >= 11 is 0. The van der Waals surface area contributed by atoms with Crippen LogP contribution in [0.5, 0.6) is 5.75 Å². The van der Waals surface area contributed by atoms with Crippen molar-refractivity contribution >= 4 is 0 Å². The fourth-order valence-electron chi connectivity index (χ4n) is 1.21. The number of hydrogen-bond acceptors (Lipinski definition) is 4. The van der Waals surface area contributed by atoms with E-state index in [1.807, 2.05) is 25.1 Å². The summed E-state index contributed by atoms with van der Waals surface area (Å²) in [6.45, 7) is 2.82. The van der Waals surface area contributed by atoms with Gasteiger partial charge >= 0.3 is 0 Å². The molecular formula is C11H17NO3. The maximum absolute atomic E-state index is 9.77. The number of aliphatic hydroxyl groups is 1. The van der Waals surface area contributed by atoms with Crippen LogP contribution in [0.1, 0.15) is 18.6 Å². The van der Waals surface area contributed by atoms with Crippen molar-refractivity contribution in [2.75, 3.05) is 20.3 Å². The van der Waals surface area contributed by atoms with Gasteiger partial charge in [0, 0.05) is 0 Å². The van der Waals surface area contributed by atoms with Gasteiger partial charge in [-0.05, 0) is 24.6 Å². The van der Waals surface area contributed by atoms with Crippen LogP contribution in [0, 0.1) is 0 Å². The zero-order chi connectivity index (χ0) is 11.1. The van der Waals surface area contributed by atoms with Crippen LogP contribution in [0.3, 0.4) is 0 Å². The van der Waals surface area contributed by atoms with Crippen molar-refractivity contribution in [2.24, 2.45) is 0 Å². The van der Waals surface area contributed by atoms with E-state index >= 15 is 0 Å². The molecule has 0 fully saturated rings. The van der Waals surface area contributed by atoms with E-state index in [1.54, 1.807) is 13.2 Å². The highest BCUT2D eigenvalue weighted by molar-refractivity contribution is 5.29. The maximum Gasteiger partial charge on any atom is 0.119 e. The van der Waals surface area contributed by atoms with E-state index in [-0.39, 0.29) is 0 Å². The molecule has 0 heterocycles. The minimum atomic E-state index is -0.591. The van der Waals surface area contributed by atoms with Gasteiger partial charge in [0.15, 0.2) is 0 Å². The number of hydroxylamine groups is 1. The van der Waals surface area contributed by atoms with Crippen molar-refractivity contribution in [1.82, 2.24) is 5.48 Å². The van der Waals surface area contributed by atoms with E-state index in [9.17, 15) is 5.11 Å². The molecule has 0 aromatic heterocycles. The zero-order valence-corrected chi connectivity index (χ0v) is 9.06. The summed E-state index contributed by atoms with van der Waals surface area (Å²) in [5.74, 6) is 0.739. The van der Waals surface area contributed by atoms with Gasteiger partial charge in [0.2, 0.25) is 0 Å². The molecule has 0 aliphatic carbocycles. The first-order valence-electron chi connectivity index (χ1n) is 4.94. The summed E-state index contributed by atoms with van der Waals surface area (Å²) in [5.41, 5.74) is 3.49. The van der Waals surface area contributed by atoms with Gasteiger partial charge in [-0.25, -0.2) is 0 Å². The van der Waals surface area contributed by atoms with E-state index in [2.05, 4.69) is 5.48 Å². The van der Waals surface area contributed by atoms with Gasteiger partial charge in [-0.15, -0.1) is 0 Å². The van der Waals surface area contributed by atoms with Crippen molar-refractivity contribution in [2.45, 2.75) is 13.0 Å². The van der Waals surface area contributed by atoms with Crippen molar-refractivity contribution in [1.29, 1.82) is 0 Å². The molecule has 0 radical (unpaired) electrons. The van der Waals surface area contributed by atoms with Crippen LogP contribution < -0.4 is 10.2 Å². The first kappa shape index (κ1) is 12.0. The van der Waals surface area contributed by atoms with Crippen molar-refractivity contribution < 1.29 is 14.7 Å². The van der Waals surface area contributed by atoms with Gasteiger partial charge < -0.3 is 14.7 Å². The van der Waals surface area contributed by atoms with Gasteiger partial charge in [0.05, 0.1) is 26.4 Å². The van der Waals surface area contributed by atoms with Crippen LogP contribution in [0.2, 0.25) is 0 Å². The highest BCUT2D eigenvalue weighted by Crippen LogP contribution is 2.18. The number of aliphatic hydroxyl groups excluding tert-OH is 1. The number of rotatable bonds is 6. The van der Waals surface area contributed by atoms with E-state index in [0.29, 0.717) is 13.2 Å². The largest absolute Gasteiger partial charge is 0.497 e. The molecule has 4 heteroatoms. The molecule has 0 amide bonds. The number of hydrogen-bond donors (Lipinski definition) is 2. The Balaban J connectivity index is 2.52. The van der Waals surface area contributed by atoms with Crippen LogP contribution in [0.25, 0.3) is 0 Å². The standard InChI is InChI=1S/C11H17NO3/c1-3-15-12-8-11(13)9-5-4-6-10(7-9)14-2/h4-7,11-13H,3,8H2,1-2H3. The van der Waals surface area contributed by atoms with E-state index < -0.39 is 6.10 Å². The van der Waals surface area contributed by atoms with Crippen molar-refractivity contribution in [3.05, 3.63) is 29.8 Å². The lowest BCUT2D eigenvalue weighted by Crippen LogP contribution is -2.21. The van der Waals surface area contributed by atoms with Gasteiger partial charge in [0.25, 0.3) is 0 Å². The van der Waals surface area contributed by atoms with Crippen LogP contribution in [0.15, 0.2) is 24.3 Å². The fourth-order valence-corrected chi connectivity index (χ4v) is 1.21. The number of nitrogens with one attached hydrogen (secondary N) is 1. The van der Waals surface area contributed by atoms with Crippen LogP contribution >= 0.6 is 0 Å². The first-order chi connectivity index (χ1) is 7.27. The van der Waals surface area contributed by atoms with E-state index in [0.717, 1.165) is 11.3 Å². The molecule has 0 saturated carbocycles. The molecule has 0 bridgehead atoms. The second-order valence-electron chi connectivity index (χ2n) is 3.07. The molecule has 1 aromatic carbocycles. The molecular weight excluding hydrogens is 194 g/mol. The molecule has 0 aliphatic rings. The van der Waals surface area contributed by atoms with E-state index in [1.165, 1.54) is 0 Å². The Bertz CT molecular complexity index is 291. The molecule has 15 heavy (non-hydrogen) atoms. The van der Waals surface area contributed by atoms with Gasteiger partial charge in [-0.3, -0.25) is 0 Å². The topological polar surface area (TPSA) is 50.7 Å². The molecule has 2 N–H and O–H groups in total. The van der Waals surface area contributed by atoms with Gasteiger partial charge in [-0.1, -0.05) is 12.1 Å². The van der Waals surface area contributed by atoms with E-state index in [4.69, 9.17) is 9.57 Å². The third-order valence-electron chi connectivity index (χ3n) is 2.00. The summed E-state index contributed by atoms with van der Waals surface area (Å²) in [7, 11) is 1.60. The highest BCUT2D eigenvalue weighted by Gasteiger charge is 2.07. The Morgan fingerprint density at radius 3 is 2.93 bits per heavy atom. The average Bonchev–Trinajstić information content (AvgIpc) is 2.29. The molecule has 0 saturated heterocycles. The normalized spacial score (nSPS) is 12.5. The SMILES string of the molecule is CCONCC(O)c1cccc(OC)c1. The number of methoxy groups -OCH3 is 1. The average molecular weight is 211 g/mol. The molecule has 0 aliphatic heterocycles. The molecule has 84 valence electrons. The number of benzene rings is 1. The summed E-state index contributed by atoms with van der Waals surface area (Å²) in [6, 6.07) is 7.34. The minimum Gasteiger partial charge on any atom is -0.497 e. The molecule has 4 nitrogen and oxygen atoms in total. The highest BCUT2D eigenvalue weighted by atomic mass is 16.6. The molecule has 1 unspecified atom stereocenters. The smallest absolute Gasteiger partial charge is 0.119 e. The predicted octanol–water partition coefficient (Wildman–Crippen LogP) is 1.27. The lowest BCUT2D eigenvalue weighted by atomic mass is 10.1. The molecule has 1 aromatic rings. The second kappa shape index (κ2) is 6.40. The van der Waals surface area contributed by atoms with Crippen LogP contribution in [-0.2, 0) is 4.84 Å². The predicted molar refractivity (Wildman–Crippen MR) is 57.6 cm³/mol. The Morgan fingerprint density at radius 1 is 1.47 bits per heavy atom. The number of ether oxygens (including phenoxy) is 1. The molecule has 0 spiro atoms.